The highest BCUT2D eigenvalue weighted by atomic mass is 35.5. The zero-order chi connectivity index (χ0) is 22.7. The first-order valence-corrected chi connectivity index (χ1v) is 11.1. The molecule has 2 atom stereocenters. The fourth-order valence-electron chi connectivity index (χ4n) is 4.16. The van der Waals surface area contributed by atoms with E-state index in [4.69, 9.17) is 21.3 Å². The van der Waals surface area contributed by atoms with Crippen molar-refractivity contribution >= 4 is 35.0 Å². The second kappa shape index (κ2) is 9.49. The van der Waals surface area contributed by atoms with Crippen molar-refractivity contribution in [2.24, 2.45) is 10.9 Å². The van der Waals surface area contributed by atoms with E-state index in [2.05, 4.69) is 5.10 Å². The zero-order valence-electron chi connectivity index (χ0n) is 18.0. The van der Waals surface area contributed by atoms with Crippen LogP contribution in [0.25, 0.3) is 0 Å². The normalized spacial score (nSPS) is 17.4. The number of hydrogen-bond acceptors (Lipinski definition) is 5. The van der Waals surface area contributed by atoms with Crippen molar-refractivity contribution < 1.29 is 14.3 Å². The Kier molecular flexibility index (Phi) is 6.51. The van der Waals surface area contributed by atoms with E-state index in [0.717, 1.165) is 12.0 Å². The molecule has 2 heterocycles. The van der Waals surface area contributed by atoms with E-state index < -0.39 is 11.8 Å². The number of halogens is 1. The van der Waals surface area contributed by atoms with Gasteiger partial charge in [-0.1, -0.05) is 61.3 Å². The SMILES string of the molecule is CCCC1=Nc2c(cnn2C(=O)c2ccccc2)C(c2ccccc2Cl)C1C(=O)OCC. The first-order chi connectivity index (χ1) is 15.6. The number of carbonyl (C=O) groups is 2. The van der Waals surface area contributed by atoms with Crippen LogP contribution in [-0.4, -0.2) is 34.0 Å². The van der Waals surface area contributed by atoms with Crippen LogP contribution in [0.3, 0.4) is 0 Å². The van der Waals surface area contributed by atoms with Crippen LogP contribution in [0.1, 0.15) is 54.1 Å². The maximum atomic E-state index is 13.2. The van der Waals surface area contributed by atoms with Crippen LogP contribution in [0.15, 0.2) is 65.8 Å². The number of ether oxygens (including phenoxy) is 1. The second-order valence-electron chi connectivity index (χ2n) is 7.59. The fourth-order valence-corrected chi connectivity index (χ4v) is 4.41. The molecule has 3 aromatic rings. The molecular weight excluding hydrogens is 426 g/mol. The van der Waals surface area contributed by atoms with E-state index in [-0.39, 0.29) is 18.5 Å². The average Bonchev–Trinajstić information content (AvgIpc) is 3.23. The summed E-state index contributed by atoms with van der Waals surface area (Å²) in [4.78, 5) is 31.1. The van der Waals surface area contributed by atoms with Crippen LogP contribution in [-0.2, 0) is 9.53 Å². The van der Waals surface area contributed by atoms with Crippen molar-refractivity contribution in [1.29, 1.82) is 0 Å². The molecular formula is C25H24ClN3O3. The third kappa shape index (κ3) is 3.98. The first kappa shape index (κ1) is 22.0. The summed E-state index contributed by atoms with van der Waals surface area (Å²) in [7, 11) is 0. The maximum Gasteiger partial charge on any atom is 0.315 e. The summed E-state index contributed by atoms with van der Waals surface area (Å²) >= 11 is 6.58. The van der Waals surface area contributed by atoms with Gasteiger partial charge in [0, 0.05) is 27.8 Å². The summed E-state index contributed by atoms with van der Waals surface area (Å²) in [5, 5.41) is 4.92. The molecule has 4 rings (SSSR count). The molecule has 0 amide bonds. The zero-order valence-corrected chi connectivity index (χ0v) is 18.7. The monoisotopic (exact) mass is 449 g/mol. The number of fused-ring (bicyclic) bond motifs is 1. The second-order valence-corrected chi connectivity index (χ2v) is 8.00. The molecule has 32 heavy (non-hydrogen) atoms. The topological polar surface area (TPSA) is 73.5 Å². The van der Waals surface area contributed by atoms with Crippen molar-refractivity contribution in [3.63, 3.8) is 0 Å². The Balaban J connectivity index is 1.91. The lowest BCUT2D eigenvalue weighted by molar-refractivity contribution is -0.146. The number of benzene rings is 2. The summed E-state index contributed by atoms with van der Waals surface area (Å²) in [6.07, 6.45) is 3.00. The van der Waals surface area contributed by atoms with Gasteiger partial charge in [-0.05, 0) is 37.1 Å². The average molecular weight is 450 g/mol. The highest BCUT2D eigenvalue weighted by Crippen LogP contribution is 2.45. The van der Waals surface area contributed by atoms with Gasteiger partial charge in [-0.25, -0.2) is 4.99 Å². The highest BCUT2D eigenvalue weighted by Gasteiger charge is 2.42. The van der Waals surface area contributed by atoms with E-state index in [0.29, 0.717) is 34.1 Å². The largest absolute Gasteiger partial charge is 0.465 e. The quantitative estimate of drug-likeness (QED) is 0.471. The van der Waals surface area contributed by atoms with Gasteiger partial charge in [0.1, 0.15) is 5.92 Å². The van der Waals surface area contributed by atoms with Gasteiger partial charge < -0.3 is 4.74 Å². The van der Waals surface area contributed by atoms with Crippen LogP contribution >= 0.6 is 11.6 Å². The van der Waals surface area contributed by atoms with Crippen LogP contribution in [0, 0.1) is 5.92 Å². The van der Waals surface area contributed by atoms with Gasteiger partial charge in [0.15, 0.2) is 5.82 Å². The van der Waals surface area contributed by atoms with Crippen LogP contribution in [0.5, 0.6) is 0 Å². The molecule has 164 valence electrons. The van der Waals surface area contributed by atoms with Crippen molar-refractivity contribution in [2.75, 3.05) is 6.61 Å². The Morgan fingerprint density at radius 3 is 2.44 bits per heavy atom. The minimum atomic E-state index is -0.633. The van der Waals surface area contributed by atoms with E-state index in [1.54, 1.807) is 43.5 Å². The Morgan fingerprint density at radius 1 is 1.03 bits per heavy atom. The summed E-state index contributed by atoms with van der Waals surface area (Å²) < 4.78 is 6.74. The van der Waals surface area contributed by atoms with Gasteiger partial charge >= 0.3 is 5.97 Å². The molecule has 0 saturated heterocycles. The molecule has 1 aromatic heterocycles. The van der Waals surface area contributed by atoms with Crippen LogP contribution < -0.4 is 0 Å². The lowest BCUT2D eigenvalue weighted by atomic mass is 9.76. The smallest absolute Gasteiger partial charge is 0.315 e. The molecule has 0 spiro atoms. The third-order valence-electron chi connectivity index (χ3n) is 5.55. The van der Waals surface area contributed by atoms with E-state index >= 15 is 0 Å². The number of aliphatic imine (C=N–C) groups is 1. The van der Waals surface area contributed by atoms with Crippen LogP contribution in [0.4, 0.5) is 5.82 Å². The predicted molar refractivity (Wildman–Crippen MR) is 124 cm³/mol. The van der Waals surface area contributed by atoms with Crippen molar-refractivity contribution in [1.82, 2.24) is 9.78 Å². The van der Waals surface area contributed by atoms with Crippen molar-refractivity contribution in [3.8, 4) is 0 Å². The van der Waals surface area contributed by atoms with Crippen molar-refractivity contribution in [2.45, 2.75) is 32.6 Å². The molecule has 0 radical (unpaired) electrons. The van der Waals surface area contributed by atoms with Gasteiger partial charge in [-0.2, -0.15) is 9.78 Å². The third-order valence-corrected chi connectivity index (χ3v) is 5.89. The highest BCUT2D eigenvalue weighted by molar-refractivity contribution is 6.31. The number of carbonyl (C=O) groups excluding carboxylic acids is 2. The number of hydrogen-bond donors (Lipinski definition) is 0. The Morgan fingerprint density at radius 2 is 1.75 bits per heavy atom. The molecule has 0 bridgehead atoms. The lowest BCUT2D eigenvalue weighted by Crippen LogP contribution is -2.35. The molecule has 0 aliphatic carbocycles. The van der Waals surface area contributed by atoms with E-state index in [9.17, 15) is 9.59 Å². The van der Waals surface area contributed by atoms with Crippen molar-refractivity contribution in [3.05, 3.63) is 82.5 Å². The molecule has 6 nitrogen and oxygen atoms in total. The maximum absolute atomic E-state index is 13.2. The molecule has 0 N–H and O–H groups in total. The van der Waals surface area contributed by atoms with E-state index in [1.165, 1.54) is 4.68 Å². The molecule has 0 fully saturated rings. The first-order valence-electron chi connectivity index (χ1n) is 10.7. The fraction of sp³-hybridized carbons (Fsp3) is 0.280. The molecule has 7 heteroatoms. The summed E-state index contributed by atoms with van der Waals surface area (Å²) in [6, 6.07) is 16.4. The van der Waals surface area contributed by atoms with Gasteiger partial charge in [0.25, 0.3) is 5.91 Å². The summed E-state index contributed by atoms with van der Waals surface area (Å²) in [5.41, 5.74) is 2.64. The van der Waals surface area contributed by atoms with E-state index in [1.807, 2.05) is 31.2 Å². The number of esters is 1. The molecule has 2 aromatic carbocycles. The summed E-state index contributed by atoms with van der Waals surface area (Å²) in [6.45, 7) is 4.07. The van der Waals surface area contributed by atoms with Gasteiger partial charge in [-0.3, -0.25) is 9.59 Å². The number of aromatic nitrogens is 2. The van der Waals surface area contributed by atoms with Gasteiger partial charge in [0.2, 0.25) is 0 Å². The van der Waals surface area contributed by atoms with Gasteiger partial charge in [-0.15, -0.1) is 0 Å². The molecule has 1 aliphatic rings. The minimum Gasteiger partial charge on any atom is -0.465 e. The molecule has 1 aliphatic heterocycles. The Bertz CT molecular complexity index is 1170. The molecule has 2 unspecified atom stereocenters. The lowest BCUT2D eigenvalue weighted by Gasteiger charge is -2.31. The minimum absolute atomic E-state index is 0.266. The predicted octanol–water partition coefficient (Wildman–Crippen LogP) is 5.42. The number of rotatable bonds is 6. The standard InChI is InChI=1S/C25H24ClN3O3/c1-3-10-20-22(25(31)32-4-2)21(17-13-8-9-14-19(17)26)18-15-27-29(23(18)28-20)24(30)16-11-6-5-7-12-16/h5-9,11-15,21-22H,3-4,10H2,1-2H3. The van der Waals surface area contributed by atoms with Gasteiger partial charge in [0.05, 0.1) is 12.8 Å². The number of nitrogens with zero attached hydrogens (tertiary/aromatic N) is 3. The summed E-state index contributed by atoms with van der Waals surface area (Å²) in [5.74, 6) is -1.27. The Labute approximate surface area is 191 Å². The van der Waals surface area contributed by atoms with Crippen LogP contribution in [0.2, 0.25) is 5.02 Å². The molecule has 0 saturated carbocycles. The Hall–Kier alpha value is -3.25.